The lowest BCUT2D eigenvalue weighted by Gasteiger charge is -2.18. The van der Waals surface area contributed by atoms with Crippen LogP contribution in [0.1, 0.15) is 61.4 Å². The third kappa shape index (κ3) is 4.90. The van der Waals surface area contributed by atoms with E-state index in [1.54, 1.807) is 5.57 Å². The average Bonchev–Trinajstić information content (AvgIpc) is 3.77. The van der Waals surface area contributed by atoms with E-state index in [0.29, 0.717) is 11.8 Å². The highest BCUT2D eigenvalue weighted by Crippen LogP contribution is 2.60. The normalized spacial score (nSPS) is 19.3. The van der Waals surface area contributed by atoms with Crippen LogP contribution in [0.2, 0.25) is 0 Å². The predicted octanol–water partition coefficient (Wildman–Crippen LogP) is 10.4. The van der Waals surface area contributed by atoms with Gasteiger partial charge in [0, 0.05) is 28.2 Å². The number of para-hydroxylation sites is 1. The molecule has 1 saturated carbocycles. The van der Waals surface area contributed by atoms with Gasteiger partial charge in [-0.3, -0.25) is 0 Å². The van der Waals surface area contributed by atoms with Crippen molar-refractivity contribution in [2.75, 3.05) is 0 Å². The zero-order valence-corrected chi connectivity index (χ0v) is 23.3. The molecule has 1 heterocycles. The molecule has 0 radical (unpaired) electrons. The van der Waals surface area contributed by atoms with Crippen molar-refractivity contribution in [3.8, 4) is 5.69 Å². The van der Waals surface area contributed by atoms with Gasteiger partial charge in [-0.2, -0.15) is 0 Å². The molecule has 0 saturated heterocycles. The van der Waals surface area contributed by atoms with Gasteiger partial charge >= 0.3 is 0 Å². The van der Waals surface area contributed by atoms with E-state index in [-0.39, 0.29) is 0 Å². The van der Waals surface area contributed by atoms with E-state index >= 15 is 0 Å². The summed E-state index contributed by atoms with van der Waals surface area (Å²) in [4.78, 5) is 0. The van der Waals surface area contributed by atoms with Crippen LogP contribution in [0, 0.1) is 12.8 Å². The lowest BCUT2D eigenvalue weighted by Crippen LogP contribution is -2.05. The summed E-state index contributed by atoms with van der Waals surface area (Å²) < 4.78 is 2.53. The molecule has 39 heavy (non-hydrogen) atoms. The van der Waals surface area contributed by atoms with Gasteiger partial charge in [-0.25, -0.2) is 0 Å². The molecular formula is C38H37N. The molecule has 3 aliphatic rings. The zero-order chi connectivity index (χ0) is 26.8. The molecule has 1 nitrogen and oxygen atoms in total. The monoisotopic (exact) mass is 507 g/mol. The second kappa shape index (κ2) is 10.9. The number of hydrogen-bond donors (Lipinski definition) is 0. The Hall–Kier alpha value is -4.10. The first kappa shape index (κ1) is 25.2. The first-order valence-electron chi connectivity index (χ1n) is 14.5. The van der Waals surface area contributed by atoms with Crippen molar-refractivity contribution in [1.29, 1.82) is 0 Å². The second-order valence-electron chi connectivity index (χ2n) is 10.6. The molecule has 1 fully saturated rings. The Morgan fingerprint density at radius 1 is 0.897 bits per heavy atom. The topological polar surface area (TPSA) is 4.93 Å². The number of benzene rings is 3. The zero-order valence-electron chi connectivity index (χ0n) is 23.3. The van der Waals surface area contributed by atoms with Crippen LogP contribution < -0.4 is 0 Å². The SMILES string of the molecule is CC.Cc1ccc2c(c1)c1c(n2-c2ccccc2)C2CC2C(C/C(=C/C2=CC=CCC=C2)c2ccccc2)=C1. The van der Waals surface area contributed by atoms with Crippen LogP contribution in [-0.2, 0) is 0 Å². The van der Waals surface area contributed by atoms with E-state index < -0.39 is 0 Å². The van der Waals surface area contributed by atoms with E-state index in [9.17, 15) is 0 Å². The molecule has 0 amide bonds. The van der Waals surface area contributed by atoms with Gasteiger partial charge in [0.2, 0.25) is 0 Å². The summed E-state index contributed by atoms with van der Waals surface area (Å²) in [6.45, 7) is 6.21. The van der Waals surface area contributed by atoms with Gasteiger partial charge in [-0.05, 0) is 73.1 Å². The summed E-state index contributed by atoms with van der Waals surface area (Å²) in [6, 6.07) is 28.8. The minimum Gasteiger partial charge on any atom is -0.313 e. The molecular weight excluding hydrogens is 470 g/mol. The van der Waals surface area contributed by atoms with Gasteiger partial charge in [-0.1, -0.05) is 122 Å². The molecule has 4 aromatic rings. The largest absolute Gasteiger partial charge is 0.313 e. The van der Waals surface area contributed by atoms with Crippen LogP contribution in [0.5, 0.6) is 0 Å². The van der Waals surface area contributed by atoms with Gasteiger partial charge < -0.3 is 4.57 Å². The van der Waals surface area contributed by atoms with Crippen LogP contribution in [0.25, 0.3) is 28.2 Å². The van der Waals surface area contributed by atoms with Crippen molar-refractivity contribution in [2.45, 2.75) is 46.0 Å². The Balaban J connectivity index is 0.00000135. The van der Waals surface area contributed by atoms with Crippen LogP contribution >= 0.6 is 0 Å². The maximum absolute atomic E-state index is 2.54. The molecule has 7 rings (SSSR count). The molecule has 0 spiro atoms. The first-order chi connectivity index (χ1) is 19.3. The standard InChI is InChI=1S/C36H31N.C2H6/c1-25-18-19-35-32(20-25)33-23-29(31-24-34(31)36(33)37(35)30-16-10-5-11-17-30)22-28(27-14-8-4-9-15-27)21-26-12-6-2-3-7-13-26;1-2/h2,4-21,23,31,34H,3,22,24H2,1H3;1-2H3/b28-21-;. The van der Waals surface area contributed by atoms with Crippen molar-refractivity contribution in [1.82, 2.24) is 4.57 Å². The second-order valence-corrected chi connectivity index (χ2v) is 10.6. The third-order valence-corrected chi connectivity index (χ3v) is 8.05. The summed E-state index contributed by atoms with van der Waals surface area (Å²) in [6.07, 6.45) is 19.3. The fourth-order valence-corrected chi connectivity index (χ4v) is 6.20. The Morgan fingerprint density at radius 3 is 2.46 bits per heavy atom. The molecule has 1 heteroatoms. The van der Waals surface area contributed by atoms with Crippen LogP contribution in [0.3, 0.4) is 0 Å². The molecule has 2 atom stereocenters. The number of hydrogen-bond acceptors (Lipinski definition) is 0. The lowest BCUT2D eigenvalue weighted by atomic mass is 9.88. The van der Waals surface area contributed by atoms with Crippen LogP contribution in [0.15, 0.2) is 126 Å². The van der Waals surface area contributed by atoms with Crippen LogP contribution in [0.4, 0.5) is 0 Å². The van der Waals surface area contributed by atoms with Gasteiger partial charge in [0.25, 0.3) is 0 Å². The van der Waals surface area contributed by atoms with Crippen molar-refractivity contribution in [3.63, 3.8) is 0 Å². The molecule has 0 aliphatic heterocycles. The summed E-state index contributed by atoms with van der Waals surface area (Å²) in [5.74, 6) is 1.23. The maximum atomic E-state index is 2.54. The molecule has 2 unspecified atom stereocenters. The van der Waals surface area contributed by atoms with E-state index in [0.717, 1.165) is 12.8 Å². The highest BCUT2D eigenvalue weighted by atomic mass is 15.0. The molecule has 0 N–H and O–H groups in total. The Bertz CT molecular complexity index is 1640. The van der Waals surface area contributed by atoms with Gasteiger partial charge in [0.15, 0.2) is 0 Å². The highest BCUT2D eigenvalue weighted by molar-refractivity contribution is 5.95. The fourth-order valence-electron chi connectivity index (χ4n) is 6.20. The van der Waals surface area contributed by atoms with Gasteiger partial charge in [0.1, 0.15) is 0 Å². The number of aryl methyl sites for hydroxylation is 1. The molecule has 3 aromatic carbocycles. The quantitative estimate of drug-likeness (QED) is 0.253. The number of allylic oxidation sites excluding steroid dienone is 9. The van der Waals surface area contributed by atoms with Gasteiger partial charge in [0.05, 0.1) is 5.52 Å². The molecule has 1 aromatic heterocycles. The van der Waals surface area contributed by atoms with E-state index in [1.165, 1.54) is 56.5 Å². The van der Waals surface area contributed by atoms with Gasteiger partial charge in [-0.15, -0.1) is 0 Å². The Kier molecular flexibility index (Phi) is 7.07. The minimum absolute atomic E-state index is 0.597. The number of aromatic nitrogens is 1. The lowest BCUT2D eigenvalue weighted by molar-refractivity contribution is 0.849. The molecule has 194 valence electrons. The Labute approximate surface area is 233 Å². The average molecular weight is 508 g/mol. The fraction of sp³-hybridized carbons (Fsp3) is 0.211. The van der Waals surface area contributed by atoms with E-state index in [2.05, 4.69) is 133 Å². The number of nitrogens with zero attached hydrogens (tertiary/aromatic N) is 1. The summed E-state index contributed by atoms with van der Waals surface area (Å²) >= 11 is 0. The smallest absolute Gasteiger partial charge is 0.0538 e. The number of fused-ring (bicyclic) bond motifs is 5. The predicted molar refractivity (Wildman–Crippen MR) is 168 cm³/mol. The summed E-state index contributed by atoms with van der Waals surface area (Å²) in [7, 11) is 0. The summed E-state index contributed by atoms with van der Waals surface area (Å²) in [5.41, 5.74) is 12.4. The minimum atomic E-state index is 0.597. The van der Waals surface area contributed by atoms with Crippen LogP contribution in [-0.4, -0.2) is 4.57 Å². The Morgan fingerprint density at radius 2 is 1.67 bits per heavy atom. The molecule has 3 aliphatic carbocycles. The van der Waals surface area contributed by atoms with Crippen molar-refractivity contribution < 1.29 is 0 Å². The van der Waals surface area contributed by atoms with E-state index in [1.807, 2.05) is 13.8 Å². The summed E-state index contributed by atoms with van der Waals surface area (Å²) in [5, 5.41) is 1.38. The molecule has 0 bridgehead atoms. The highest BCUT2D eigenvalue weighted by Gasteiger charge is 2.47. The van der Waals surface area contributed by atoms with Crippen molar-refractivity contribution in [3.05, 3.63) is 149 Å². The number of rotatable bonds is 5. The van der Waals surface area contributed by atoms with E-state index in [4.69, 9.17) is 0 Å². The maximum Gasteiger partial charge on any atom is 0.0538 e. The van der Waals surface area contributed by atoms with Crippen molar-refractivity contribution in [2.24, 2.45) is 5.92 Å². The van der Waals surface area contributed by atoms with Crippen molar-refractivity contribution >= 4 is 22.6 Å². The third-order valence-electron chi connectivity index (χ3n) is 8.05. The first-order valence-corrected chi connectivity index (χ1v) is 14.5.